The molecule has 5 nitrogen and oxygen atoms in total. The van der Waals surface area contributed by atoms with E-state index in [2.05, 4.69) is 24.1 Å². The Kier molecular flexibility index (Phi) is 7.47. The molecule has 0 unspecified atom stereocenters. The molecule has 1 heterocycles. The van der Waals surface area contributed by atoms with Crippen LogP contribution in [0, 0.1) is 12.8 Å². The summed E-state index contributed by atoms with van der Waals surface area (Å²) in [7, 11) is 1.64. The SMILES string of the molecule is COc1ccc(C)cc1/C=C/C(=O)NC[C@H](C(C)C)N1CCOCC1. The van der Waals surface area contributed by atoms with Crippen molar-refractivity contribution < 1.29 is 14.3 Å². The normalized spacial score (nSPS) is 17.0. The molecule has 2 rings (SSSR count). The fraction of sp³-hybridized carbons (Fsp3) is 0.550. The molecule has 1 aromatic carbocycles. The third kappa shape index (κ3) is 5.87. The van der Waals surface area contributed by atoms with E-state index in [1.807, 2.05) is 25.1 Å². The van der Waals surface area contributed by atoms with Gasteiger partial charge in [-0.25, -0.2) is 0 Å². The molecule has 0 aromatic heterocycles. The highest BCUT2D eigenvalue weighted by Gasteiger charge is 2.23. The molecule has 0 saturated carbocycles. The number of nitrogens with one attached hydrogen (secondary N) is 1. The highest BCUT2D eigenvalue weighted by Crippen LogP contribution is 2.21. The number of nitrogens with zero attached hydrogens (tertiary/aromatic N) is 1. The van der Waals surface area contributed by atoms with Gasteiger partial charge in [-0.2, -0.15) is 0 Å². The van der Waals surface area contributed by atoms with Crippen LogP contribution >= 0.6 is 0 Å². The van der Waals surface area contributed by atoms with Gasteiger partial charge in [0.05, 0.1) is 20.3 Å². The predicted molar refractivity (Wildman–Crippen MR) is 101 cm³/mol. The molecule has 1 fully saturated rings. The minimum absolute atomic E-state index is 0.0810. The van der Waals surface area contributed by atoms with E-state index in [4.69, 9.17) is 9.47 Å². The lowest BCUT2D eigenvalue weighted by atomic mass is 10.0. The van der Waals surface area contributed by atoms with Crippen LogP contribution in [0.15, 0.2) is 24.3 Å². The van der Waals surface area contributed by atoms with Crippen LogP contribution in [0.2, 0.25) is 0 Å². The lowest BCUT2D eigenvalue weighted by Gasteiger charge is -2.36. The van der Waals surface area contributed by atoms with E-state index in [-0.39, 0.29) is 5.91 Å². The van der Waals surface area contributed by atoms with Gasteiger partial charge in [-0.15, -0.1) is 0 Å². The topological polar surface area (TPSA) is 50.8 Å². The van der Waals surface area contributed by atoms with Gasteiger partial charge in [0.1, 0.15) is 5.75 Å². The average molecular weight is 346 g/mol. The number of morpholine rings is 1. The Balaban J connectivity index is 1.93. The number of ether oxygens (including phenoxy) is 2. The molecule has 1 aromatic rings. The molecular weight excluding hydrogens is 316 g/mol. The zero-order valence-corrected chi connectivity index (χ0v) is 15.7. The van der Waals surface area contributed by atoms with E-state index < -0.39 is 0 Å². The Bertz CT molecular complexity index is 593. The Morgan fingerprint density at radius 2 is 2.08 bits per heavy atom. The average Bonchev–Trinajstić information content (AvgIpc) is 2.61. The quantitative estimate of drug-likeness (QED) is 0.771. The standard InChI is InChI=1S/C20H30N2O3/c1-15(2)18(22-9-11-25-12-10-22)14-21-20(23)8-6-17-13-16(3)5-7-19(17)24-4/h5-8,13,15,18H,9-12,14H2,1-4H3,(H,21,23)/b8-6+/t18-/m1/s1. The van der Waals surface area contributed by atoms with Gasteiger partial charge in [0.25, 0.3) is 0 Å². The largest absolute Gasteiger partial charge is 0.496 e. The highest BCUT2D eigenvalue weighted by atomic mass is 16.5. The maximum Gasteiger partial charge on any atom is 0.244 e. The summed E-state index contributed by atoms with van der Waals surface area (Å²) in [6.07, 6.45) is 3.38. The predicted octanol–water partition coefficient (Wildman–Crippen LogP) is 2.49. The fourth-order valence-electron chi connectivity index (χ4n) is 3.11. The second-order valence-electron chi connectivity index (χ2n) is 6.78. The molecule has 0 radical (unpaired) electrons. The summed E-state index contributed by atoms with van der Waals surface area (Å²) in [6.45, 7) is 10.4. The number of hydrogen-bond donors (Lipinski definition) is 1. The summed E-state index contributed by atoms with van der Waals surface area (Å²) < 4.78 is 10.8. The highest BCUT2D eigenvalue weighted by molar-refractivity contribution is 5.92. The first-order valence-corrected chi connectivity index (χ1v) is 8.93. The molecule has 1 atom stereocenters. The van der Waals surface area contributed by atoms with Gasteiger partial charge in [-0.3, -0.25) is 9.69 Å². The van der Waals surface area contributed by atoms with Crippen LogP contribution in [0.1, 0.15) is 25.0 Å². The number of hydrogen-bond acceptors (Lipinski definition) is 4. The smallest absolute Gasteiger partial charge is 0.244 e. The first-order chi connectivity index (χ1) is 12.0. The van der Waals surface area contributed by atoms with Crippen LogP contribution in [-0.2, 0) is 9.53 Å². The number of carbonyl (C=O) groups is 1. The molecule has 25 heavy (non-hydrogen) atoms. The van der Waals surface area contributed by atoms with Gasteiger partial charge in [0, 0.05) is 37.3 Å². The van der Waals surface area contributed by atoms with Gasteiger partial charge in [-0.1, -0.05) is 25.5 Å². The number of aryl methyl sites for hydroxylation is 1. The van der Waals surface area contributed by atoms with Crippen molar-refractivity contribution in [3.05, 3.63) is 35.4 Å². The van der Waals surface area contributed by atoms with Crippen LogP contribution < -0.4 is 10.1 Å². The minimum atomic E-state index is -0.0810. The Hall–Kier alpha value is -1.85. The monoisotopic (exact) mass is 346 g/mol. The number of carbonyl (C=O) groups excluding carboxylic acids is 1. The molecule has 5 heteroatoms. The molecular formula is C20H30N2O3. The van der Waals surface area contributed by atoms with E-state index in [0.29, 0.717) is 18.5 Å². The van der Waals surface area contributed by atoms with Crippen molar-refractivity contribution in [3.63, 3.8) is 0 Å². The summed E-state index contributed by atoms with van der Waals surface area (Å²) in [4.78, 5) is 14.6. The van der Waals surface area contributed by atoms with Crippen molar-refractivity contribution in [1.29, 1.82) is 0 Å². The van der Waals surface area contributed by atoms with Gasteiger partial charge < -0.3 is 14.8 Å². The zero-order valence-electron chi connectivity index (χ0n) is 15.7. The van der Waals surface area contributed by atoms with E-state index in [0.717, 1.165) is 43.2 Å². The summed E-state index contributed by atoms with van der Waals surface area (Å²) in [6, 6.07) is 6.24. The number of methoxy groups -OCH3 is 1. The van der Waals surface area contributed by atoms with Crippen LogP contribution in [0.3, 0.4) is 0 Å². The van der Waals surface area contributed by atoms with Crippen LogP contribution in [0.25, 0.3) is 6.08 Å². The van der Waals surface area contributed by atoms with E-state index in [1.54, 1.807) is 19.3 Å². The third-order valence-corrected chi connectivity index (χ3v) is 4.57. The second-order valence-corrected chi connectivity index (χ2v) is 6.78. The molecule has 1 aliphatic heterocycles. The Labute approximate surface area is 151 Å². The lowest BCUT2D eigenvalue weighted by Crippen LogP contribution is -2.51. The maximum absolute atomic E-state index is 12.2. The Morgan fingerprint density at radius 3 is 2.72 bits per heavy atom. The summed E-state index contributed by atoms with van der Waals surface area (Å²) in [5.41, 5.74) is 2.04. The molecule has 0 aliphatic carbocycles. The van der Waals surface area contributed by atoms with Crippen molar-refractivity contribution >= 4 is 12.0 Å². The van der Waals surface area contributed by atoms with Crippen LogP contribution in [-0.4, -0.2) is 56.8 Å². The molecule has 1 saturated heterocycles. The maximum atomic E-state index is 12.2. The summed E-state index contributed by atoms with van der Waals surface area (Å²) in [5, 5.41) is 3.03. The summed E-state index contributed by atoms with van der Waals surface area (Å²) >= 11 is 0. The zero-order chi connectivity index (χ0) is 18.2. The van der Waals surface area contributed by atoms with Gasteiger partial charge in [0.2, 0.25) is 5.91 Å². The van der Waals surface area contributed by atoms with Gasteiger partial charge in [0.15, 0.2) is 0 Å². The van der Waals surface area contributed by atoms with E-state index in [9.17, 15) is 4.79 Å². The van der Waals surface area contributed by atoms with Crippen LogP contribution in [0.5, 0.6) is 5.75 Å². The molecule has 0 bridgehead atoms. The second kappa shape index (κ2) is 9.59. The molecule has 138 valence electrons. The number of amides is 1. The first-order valence-electron chi connectivity index (χ1n) is 8.93. The Morgan fingerprint density at radius 1 is 1.36 bits per heavy atom. The van der Waals surface area contributed by atoms with Crippen molar-refractivity contribution in [2.45, 2.75) is 26.8 Å². The van der Waals surface area contributed by atoms with E-state index >= 15 is 0 Å². The number of rotatable bonds is 7. The fourth-order valence-corrected chi connectivity index (χ4v) is 3.11. The molecule has 1 amide bonds. The van der Waals surface area contributed by atoms with Crippen molar-refractivity contribution in [2.24, 2.45) is 5.92 Å². The van der Waals surface area contributed by atoms with Crippen molar-refractivity contribution in [2.75, 3.05) is 40.0 Å². The van der Waals surface area contributed by atoms with Gasteiger partial charge in [-0.05, 0) is 31.1 Å². The van der Waals surface area contributed by atoms with E-state index in [1.165, 1.54) is 0 Å². The molecule has 1 N–H and O–H groups in total. The molecule has 1 aliphatic rings. The first kappa shape index (κ1) is 19.5. The molecule has 0 spiro atoms. The van der Waals surface area contributed by atoms with Crippen molar-refractivity contribution in [1.82, 2.24) is 10.2 Å². The lowest BCUT2D eigenvalue weighted by molar-refractivity contribution is -0.116. The van der Waals surface area contributed by atoms with Crippen LogP contribution in [0.4, 0.5) is 0 Å². The number of benzene rings is 1. The summed E-state index contributed by atoms with van der Waals surface area (Å²) in [5.74, 6) is 1.16. The van der Waals surface area contributed by atoms with Gasteiger partial charge >= 0.3 is 0 Å². The third-order valence-electron chi connectivity index (χ3n) is 4.57. The van der Waals surface area contributed by atoms with Crippen molar-refractivity contribution in [3.8, 4) is 5.75 Å². The minimum Gasteiger partial charge on any atom is -0.496 e.